The van der Waals surface area contributed by atoms with Crippen LogP contribution in [0.15, 0.2) is 46.2 Å². The molecule has 2 aromatic rings. The Labute approximate surface area is 131 Å². The molecule has 0 saturated carbocycles. The quantitative estimate of drug-likeness (QED) is 0.856. The molecule has 1 aromatic carbocycles. The zero-order valence-corrected chi connectivity index (χ0v) is 13.3. The number of aliphatic imine (C=N–C) groups is 1. The van der Waals surface area contributed by atoms with E-state index in [4.69, 9.17) is 4.99 Å². The van der Waals surface area contributed by atoms with Gasteiger partial charge in [-0.3, -0.25) is 9.79 Å². The lowest BCUT2D eigenvalue weighted by Crippen LogP contribution is -2.25. The van der Waals surface area contributed by atoms with Gasteiger partial charge in [-0.25, -0.2) is 0 Å². The maximum Gasteiger partial charge on any atom is 0.250 e. The highest BCUT2D eigenvalue weighted by Gasteiger charge is 2.17. The van der Waals surface area contributed by atoms with Gasteiger partial charge in [0.25, 0.3) is 0 Å². The molecular weight excluding hydrogens is 272 g/mol. The number of nitrogens with zero attached hydrogens (tertiary/aromatic N) is 2. The first-order chi connectivity index (χ1) is 10.6. The van der Waals surface area contributed by atoms with Crippen LogP contribution in [0.2, 0.25) is 0 Å². The lowest BCUT2D eigenvalue weighted by molar-refractivity contribution is 0.711. The number of fused-ring (bicyclic) bond motifs is 1. The number of hydrogen-bond acceptors (Lipinski definition) is 2. The van der Waals surface area contributed by atoms with E-state index in [9.17, 15) is 4.79 Å². The minimum atomic E-state index is 0.0691. The SMILES string of the molecule is Cc1ccc(CCN=C2CCCc3c2ccc(=O)n3C)cc1. The van der Waals surface area contributed by atoms with E-state index in [0.29, 0.717) is 0 Å². The molecule has 22 heavy (non-hydrogen) atoms. The Morgan fingerprint density at radius 1 is 1.09 bits per heavy atom. The molecule has 3 rings (SSSR count). The zero-order valence-electron chi connectivity index (χ0n) is 13.3. The lowest BCUT2D eigenvalue weighted by Gasteiger charge is -2.20. The van der Waals surface area contributed by atoms with E-state index < -0.39 is 0 Å². The molecule has 0 N–H and O–H groups in total. The molecule has 0 amide bonds. The van der Waals surface area contributed by atoms with Crippen molar-refractivity contribution in [2.75, 3.05) is 6.54 Å². The normalized spacial score (nSPS) is 15.8. The molecule has 0 aliphatic heterocycles. The van der Waals surface area contributed by atoms with Gasteiger partial charge < -0.3 is 4.57 Å². The van der Waals surface area contributed by atoms with Crippen molar-refractivity contribution in [2.24, 2.45) is 12.0 Å². The van der Waals surface area contributed by atoms with Crippen molar-refractivity contribution in [2.45, 2.75) is 32.6 Å². The van der Waals surface area contributed by atoms with Crippen LogP contribution in [0.25, 0.3) is 0 Å². The summed E-state index contributed by atoms with van der Waals surface area (Å²) in [6.07, 6.45) is 4.02. The highest BCUT2D eigenvalue weighted by atomic mass is 16.1. The summed E-state index contributed by atoms with van der Waals surface area (Å²) >= 11 is 0. The minimum absolute atomic E-state index is 0.0691. The van der Waals surface area contributed by atoms with E-state index >= 15 is 0 Å². The van der Waals surface area contributed by atoms with Gasteiger partial charge in [-0.1, -0.05) is 29.8 Å². The second-order valence-electron chi connectivity index (χ2n) is 6.01. The Bertz CT molecular complexity index is 754. The van der Waals surface area contributed by atoms with Gasteiger partial charge >= 0.3 is 0 Å². The van der Waals surface area contributed by atoms with Crippen molar-refractivity contribution in [1.29, 1.82) is 0 Å². The van der Waals surface area contributed by atoms with Crippen molar-refractivity contribution < 1.29 is 0 Å². The van der Waals surface area contributed by atoms with Gasteiger partial charge in [0.15, 0.2) is 0 Å². The molecule has 0 saturated heterocycles. The maximum absolute atomic E-state index is 11.7. The molecule has 0 unspecified atom stereocenters. The molecule has 1 aliphatic carbocycles. The van der Waals surface area contributed by atoms with Crippen molar-refractivity contribution in [3.63, 3.8) is 0 Å². The molecular formula is C19H22N2O. The smallest absolute Gasteiger partial charge is 0.250 e. The van der Waals surface area contributed by atoms with E-state index in [1.165, 1.54) is 11.1 Å². The Morgan fingerprint density at radius 2 is 1.86 bits per heavy atom. The highest BCUT2D eigenvalue weighted by molar-refractivity contribution is 6.02. The van der Waals surface area contributed by atoms with Crippen LogP contribution in [-0.4, -0.2) is 16.8 Å². The van der Waals surface area contributed by atoms with Crippen LogP contribution < -0.4 is 5.56 Å². The molecule has 3 nitrogen and oxygen atoms in total. The fourth-order valence-corrected chi connectivity index (χ4v) is 3.04. The molecule has 1 heterocycles. The number of benzene rings is 1. The summed E-state index contributed by atoms with van der Waals surface area (Å²) in [4.78, 5) is 16.6. The topological polar surface area (TPSA) is 34.4 Å². The zero-order chi connectivity index (χ0) is 15.5. The third-order valence-electron chi connectivity index (χ3n) is 4.40. The summed E-state index contributed by atoms with van der Waals surface area (Å²) in [5.41, 5.74) is 6.14. The van der Waals surface area contributed by atoms with Gasteiger partial charge in [-0.05, 0) is 44.2 Å². The molecule has 0 radical (unpaired) electrons. The van der Waals surface area contributed by atoms with Crippen LogP contribution in [0, 0.1) is 6.92 Å². The Balaban J connectivity index is 1.77. The van der Waals surface area contributed by atoms with E-state index in [1.807, 2.05) is 13.1 Å². The molecule has 3 heteroatoms. The fourth-order valence-electron chi connectivity index (χ4n) is 3.04. The summed E-state index contributed by atoms with van der Waals surface area (Å²) in [5, 5.41) is 0. The first-order valence-electron chi connectivity index (χ1n) is 7.93. The fraction of sp³-hybridized carbons (Fsp3) is 0.368. The molecule has 0 atom stereocenters. The first-order valence-corrected chi connectivity index (χ1v) is 7.93. The van der Waals surface area contributed by atoms with Crippen LogP contribution in [0.4, 0.5) is 0 Å². The van der Waals surface area contributed by atoms with Crippen LogP contribution in [0.5, 0.6) is 0 Å². The summed E-state index contributed by atoms with van der Waals surface area (Å²) in [7, 11) is 1.86. The van der Waals surface area contributed by atoms with Crippen LogP contribution in [0.3, 0.4) is 0 Å². The Hall–Kier alpha value is -2.16. The summed E-state index contributed by atoms with van der Waals surface area (Å²) in [5.74, 6) is 0. The van der Waals surface area contributed by atoms with Crippen molar-refractivity contribution >= 4 is 5.71 Å². The van der Waals surface area contributed by atoms with Crippen LogP contribution in [0.1, 0.15) is 35.2 Å². The second kappa shape index (κ2) is 6.30. The van der Waals surface area contributed by atoms with Gasteiger partial charge in [-0.2, -0.15) is 0 Å². The molecule has 1 aliphatic rings. The summed E-state index contributed by atoms with van der Waals surface area (Å²) in [6, 6.07) is 12.2. The molecule has 114 valence electrons. The number of aromatic nitrogens is 1. The second-order valence-corrected chi connectivity index (χ2v) is 6.01. The number of rotatable bonds is 3. The standard InChI is InChI=1S/C19H22N2O/c1-14-6-8-15(9-7-14)12-13-20-17-4-3-5-18-16(17)10-11-19(22)21(18)2/h6-11H,3-5,12-13H2,1-2H3. The largest absolute Gasteiger partial charge is 0.315 e. The molecule has 0 bridgehead atoms. The van der Waals surface area contributed by atoms with Gasteiger partial charge in [0.1, 0.15) is 0 Å². The first kappa shape index (κ1) is 14.8. The van der Waals surface area contributed by atoms with Crippen LogP contribution >= 0.6 is 0 Å². The van der Waals surface area contributed by atoms with Gasteiger partial charge in [0.05, 0.1) is 0 Å². The van der Waals surface area contributed by atoms with Crippen molar-refractivity contribution in [3.05, 3.63) is 69.1 Å². The molecule has 0 spiro atoms. The predicted molar refractivity (Wildman–Crippen MR) is 90.9 cm³/mol. The van der Waals surface area contributed by atoms with Crippen molar-refractivity contribution in [3.8, 4) is 0 Å². The third-order valence-corrected chi connectivity index (χ3v) is 4.40. The van der Waals surface area contributed by atoms with Gasteiger partial charge in [0, 0.05) is 36.6 Å². The van der Waals surface area contributed by atoms with E-state index in [1.54, 1.807) is 10.6 Å². The third kappa shape index (κ3) is 3.03. The summed E-state index contributed by atoms with van der Waals surface area (Å²) in [6.45, 7) is 2.91. The predicted octanol–water partition coefficient (Wildman–Crippen LogP) is 3.06. The Morgan fingerprint density at radius 3 is 2.64 bits per heavy atom. The van der Waals surface area contributed by atoms with E-state index in [-0.39, 0.29) is 5.56 Å². The number of aryl methyl sites for hydroxylation is 1. The average molecular weight is 294 g/mol. The Kier molecular flexibility index (Phi) is 4.23. The van der Waals surface area contributed by atoms with Crippen molar-refractivity contribution in [1.82, 2.24) is 4.57 Å². The number of hydrogen-bond donors (Lipinski definition) is 0. The molecule has 1 aromatic heterocycles. The minimum Gasteiger partial charge on any atom is -0.315 e. The maximum atomic E-state index is 11.7. The molecule has 0 fully saturated rings. The number of pyridine rings is 1. The average Bonchev–Trinajstić information content (AvgIpc) is 2.53. The summed E-state index contributed by atoms with van der Waals surface area (Å²) < 4.78 is 1.77. The van der Waals surface area contributed by atoms with Gasteiger partial charge in [-0.15, -0.1) is 0 Å². The van der Waals surface area contributed by atoms with E-state index in [0.717, 1.165) is 49.2 Å². The van der Waals surface area contributed by atoms with E-state index in [2.05, 4.69) is 31.2 Å². The van der Waals surface area contributed by atoms with Crippen LogP contribution in [-0.2, 0) is 19.9 Å². The van der Waals surface area contributed by atoms with Gasteiger partial charge in [0.2, 0.25) is 5.56 Å². The monoisotopic (exact) mass is 294 g/mol. The lowest BCUT2D eigenvalue weighted by atomic mass is 9.93. The highest BCUT2D eigenvalue weighted by Crippen LogP contribution is 2.20.